The van der Waals surface area contributed by atoms with Crippen LogP contribution in [0.2, 0.25) is 0 Å². The fourth-order valence-electron chi connectivity index (χ4n) is 5.21. The van der Waals surface area contributed by atoms with Crippen molar-refractivity contribution in [3.63, 3.8) is 0 Å². The van der Waals surface area contributed by atoms with Crippen LogP contribution in [0.25, 0.3) is 10.8 Å². The van der Waals surface area contributed by atoms with Gasteiger partial charge in [0.1, 0.15) is 23.6 Å². The zero-order valence-electron chi connectivity index (χ0n) is 22.9. The van der Waals surface area contributed by atoms with Crippen LogP contribution in [0, 0.1) is 5.92 Å². The summed E-state index contributed by atoms with van der Waals surface area (Å²) in [6.45, 7) is 12.0. The molecule has 8 nitrogen and oxygen atoms in total. The number of fused-ring (bicyclic) bond motifs is 1. The number of aromatic nitrogens is 4. The predicted molar refractivity (Wildman–Crippen MR) is 155 cm³/mol. The molecular weight excluding hydrogens is 501 g/mol. The first kappa shape index (κ1) is 26.9. The van der Waals surface area contributed by atoms with E-state index in [2.05, 4.69) is 53.9 Å². The molecule has 0 spiro atoms. The first-order valence-corrected chi connectivity index (χ1v) is 14.7. The first-order chi connectivity index (χ1) is 18.2. The van der Waals surface area contributed by atoms with E-state index in [1.54, 1.807) is 17.2 Å². The molecule has 0 bridgehead atoms. The number of hydrogen-bond acceptors (Lipinski definition) is 9. The third kappa shape index (κ3) is 5.25. The van der Waals surface area contributed by atoms with Crippen molar-refractivity contribution in [3.8, 4) is 0 Å². The van der Waals surface area contributed by atoms with E-state index >= 15 is 0 Å². The lowest BCUT2D eigenvalue weighted by Crippen LogP contribution is -2.56. The van der Waals surface area contributed by atoms with E-state index in [4.69, 9.17) is 9.97 Å². The van der Waals surface area contributed by atoms with E-state index < -0.39 is 11.8 Å². The molecule has 2 aliphatic rings. The second-order valence-corrected chi connectivity index (χ2v) is 12.3. The van der Waals surface area contributed by atoms with Gasteiger partial charge in [0.15, 0.2) is 0 Å². The van der Waals surface area contributed by atoms with Gasteiger partial charge in [0.25, 0.3) is 0 Å². The van der Waals surface area contributed by atoms with E-state index in [1.807, 2.05) is 24.2 Å². The maximum atomic E-state index is 14.4. The zero-order chi connectivity index (χ0) is 27.0. The van der Waals surface area contributed by atoms with Crippen molar-refractivity contribution in [2.75, 3.05) is 46.3 Å². The van der Waals surface area contributed by atoms with Gasteiger partial charge in [0.05, 0.1) is 12.1 Å². The van der Waals surface area contributed by atoms with Crippen molar-refractivity contribution in [2.45, 2.75) is 64.8 Å². The summed E-state index contributed by atoms with van der Waals surface area (Å²) in [5.74, 6) is 6.03. The highest BCUT2D eigenvalue weighted by atomic mass is 32.2. The summed E-state index contributed by atoms with van der Waals surface area (Å²) in [5, 5.41) is 15.7. The first-order valence-electron chi connectivity index (χ1n) is 13.5. The normalized spacial score (nSPS) is 25.6. The maximum Gasteiger partial charge on any atom is 0.227 e. The number of aliphatic hydroxyl groups is 1. The van der Waals surface area contributed by atoms with E-state index in [0.717, 1.165) is 28.9 Å². The number of thioether (sulfide) groups is 1. The lowest BCUT2D eigenvalue weighted by molar-refractivity contribution is -0.0332. The third-order valence-corrected chi connectivity index (χ3v) is 9.01. The average molecular weight is 540 g/mol. The van der Waals surface area contributed by atoms with E-state index in [-0.39, 0.29) is 6.54 Å². The molecule has 5 heterocycles. The van der Waals surface area contributed by atoms with Crippen LogP contribution >= 0.6 is 11.8 Å². The quantitative estimate of drug-likeness (QED) is 0.403. The van der Waals surface area contributed by atoms with Crippen LogP contribution in [0.1, 0.15) is 52.5 Å². The molecule has 2 N–H and O–H groups in total. The van der Waals surface area contributed by atoms with Gasteiger partial charge in [-0.1, -0.05) is 20.8 Å². The van der Waals surface area contributed by atoms with Gasteiger partial charge in [0, 0.05) is 49.0 Å². The second-order valence-electron chi connectivity index (χ2n) is 11.0. The molecule has 2 saturated heterocycles. The van der Waals surface area contributed by atoms with Crippen molar-refractivity contribution in [1.29, 1.82) is 0 Å². The van der Waals surface area contributed by atoms with E-state index in [1.165, 1.54) is 18.2 Å². The number of hydrogen-bond donors (Lipinski definition) is 2. The minimum absolute atomic E-state index is 0.0606. The lowest BCUT2D eigenvalue weighted by atomic mass is 9.90. The molecule has 2 aliphatic heterocycles. The molecule has 4 atom stereocenters. The van der Waals surface area contributed by atoms with Crippen LogP contribution in [0.5, 0.6) is 0 Å². The predicted octanol–water partition coefficient (Wildman–Crippen LogP) is 5.16. The molecule has 3 aromatic heterocycles. The minimum Gasteiger partial charge on any atom is -0.387 e. The fraction of sp³-hybridized carbons (Fsp3) is 0.571. The van der Waals surface area contributed by atoms with Crippen LogP contribution < -0.4 is 15.1 Å². The molecule has 10 heteroatoms. The molecule has 0 aliphatic carbocycles. The van der Waals surface area contributed by atoms with E-state index in [0.29, 0.717) is 48.4 Å². The highest BCUT2D eigenvalue weighted by Crippen LogP contribution is 2.38. The van der Waals surface area contributed by atoms with Gasteiger partial charge in [-0.3, -0.25) is 0 Å². The summed E-state index contributed by atoms with van der Waals surface area (Å²) < 4.78 is 14.4. The van der Waals surface area contributed by atoms with Gasteiger partial charge in [-0.2, -0.15) is 16.7 Å². The van der Waals surface area contributed by atoms with Crippen molar-refractivity contribution in [3.05, 3.63) is 36.3 Å². The van der Waals surface area contributed by atoms with Crippen LogP contribution in [0.3, 0.4) is 0 Å². The molecule has 0 aromatic carbocycles. The largest absolute Gasteiger partial charge is 0.387 e. The summed E-state index contributed by atoms with van der Waals surface area (Å²) in [6, 6.07) is 4.30. The van der Waals surface area contributed by atoms with Crippen molar-refractivity contribution < 1.29 is 9.50 Å². The summed E-state index contributed by atoms with van der Waals surface area (Å²) >= 11 is 2.00. The molecule has 204 valence electrons. The van der Waals surface area contributed by atoms with Gasteiger partial charge < -0.3 is 20.2 Å². The molecule has 5 rings (SSSR count). The number of alkyl halides is 1. The highest BCUT2D eigenvalue weighted by molar-refractivity contribution is 7.99. The van der Waals surface area contributed by atoms with Crippen LogP contribution in [-0.2, 0) is 0 Å². The Bertz CT molecular complexity index is 1290. The van der Waals surface area contributed by atoms with Gasteiger partial charge in [0.2, 0.25) is 5.95 Å². The molecule has 38 heavy (non-hydrogen) atoms. The number of halogens is 1. The number of pyridine rings is 2. The Kier molecular flexibility index (Phi) is 7.64. The Balaban J connectivity index is 1.39. The Labute approximate surface area is 228 Å². The Hall–Kier alpha value is -2.72. The summed E-state index contributed by atoms with van der Waals surface area (Å²) in [6.07, 6.45) is 4.55. The second kappa shape index (κ2) is 10.8. The van der Waals surface area contributed by atoms with Crippen LogP contribution in [0.4, 0.5) is 27.8 Å². The zero-order valence-corrected chi connectivity index (χ0v) is 23.7. The molecule has 0 amide bonds. The monoisotopic (exact) mass is 539 g/mol. The summed E-state index contributed by atoms with van der Waals surface area (Å²) in [7, 11) is 0. The number of anilines is 4. The number of nitrogens with zero attached hydrogens (tertiary/aromatic N) is 6. The third-order valence-electron chi connectivity index (χ3n) is 7.94. The molecule has 0 radical (unpaired) electrons. The summed E-state index contributed by atoms with van der Waals surface area (Å²) in [4.78, 5) is 22.7. The summed E-state index contributed by atoms with van der Waals surface area (Å²) in [5.41, 5.74) is -0.134. The van der Waals surface area contributed by atoms with Crippen LogP contribution in [-0.4, -0.2) is 74.0 Å². The average Bonchev–Trinajstić information content (AvgIpc) is 2.89. The van der Waals surface area contributed by atoms with E-state index in [9.17, 15) is 9.50 Å². The standard InChI is InChI=1S/C28H38FN7OS/c1-6-38-16-19-14-36(18(19)4)26-22-13-31-25(11-20(22)21(12-32-26)17(2)3)33-24-7-9-30-27(34-24)35-10-8-28(5,37)23(29)15-35/h7,9,11-13,17-19,23,37H,6,8,10,14-16H2,1-5H3,(H,30,31,33,34)/t18?,19-,23?,28+/m1/s1. The Morgan fingerprint density at radius 1 is 1.18 bits per heavy atom. The molecule has 3 aromatic rings. The minimum atomic E-state index is -1.36. The van der Waals surface area contributed by atoms with Gasteiger partial charge in [-0.25, -0.2) is 19.3 Å². The van der Waals surface area contributed by atoms with Gasteiger partial charge in [-0.15, -0.1) is 0 Å². The number of piperidine rings is 1. The van der Waals surface area contributed by atoms with Crippen molar-refractivity contribution in [1.82, 2.24) is 19.9 Å². The van der Waals surface area contributed by atoms with Gasteiger partial charge in [-0.05, 0) is 60.8 Å². The highest BCUT2D eigenvalue weighted by Gasteiger charge is 2.39. The van der Waals surface area contributed by atoms with Crippen molar-refractivity contribution >= 4 is 45.9 Å². The lowest BCUT2D eigenvalue weighted by Gasteiger charge is -2.47. The SMILES string of the molecule is CCSC[C@H]1CN(c2ncc(C(C)C)c3cc(Nc4ccnc(N5CC[C@](C)(O)C(F)C5)n4)ncc23)C1C. The Morgan fingerprint density at radius 2 is 2.00 bits per heavy atom. The van der Waals surface area contributed by atoms with Crippen molar-refractivity contribution in [2.24, 2.45) is 5.92 Å². The molecule has 2 unspecified atom stereocenters. The van der Waals surface area contributed by atoms with Crippen LogP contribution in [0.15, 0.2) is 30.7 Å². The maximum absolute atomic E-state index is 14.4. The number of nitrogens with one attached hydrogen (secondary N) is 1. The topological polar surface area (TPSA) is 90.3 Å². The smallest absolute Gasteiger partial charge is 0.227 e. The molecule has 0 saturated carbocycles. The number of rotatable bonds is 8. The fourth-order valence-corrected chi connectivity index (χ4v) is 6.13. The van der Waals surface area contributed by atoms with Gasteiger partial charge >= 0.3 is 0 Å². The molecular formula is C28H38FN7OS. The Morgan fingerprint density at radius 3 is 2.71 bits per heavy atom. The molecule has 2 fully saturated rings.